The topological polar surface area (TPSA) is 110 Å². The lowest BCUT2D eigenvalue weighted by atomic mass is 10.1. The SMILES string of the molecule is COc1ccc2cc(S(=O)(=O)N[C@H](C=O)CC(=O)O)ccc2c1. The molecule has 0 saturated heterocycles. The van der Waals surface area contributed by atoms with Crippen LogP contribution in [-0.4, -0.2) is 38.9 Å². The van der Waals surface area contributed by atoms with E-state index in [1.54, 1.807) is 24.3 Å². The summed E-state index contributed by atoms with van der Waals surface area (Å²) < 4.78 is 31.7. The van der Waals surface area contributed by atoms with Crippen LogP contribution in [0.25, 0.3) is 10.8 Å². The van der Waals surface area contributed by atoms with Gasteiger partial charge in [-0.05, 0) is 35.0 Å². The van der Waals surface area contributed by atoms with Crippen molar-refractivity contribution in [2.75, 3.05) is 7.11 Å². The summed E-state index contributed by atoms with van der Waals surface area (Å²) in [5.74, 6) is -0.621. The molecule has 122 valence electrons. The van der Waals surface area contributed by atoms with Gasteiger partial charge in [-0.15, -0.1) is 0 Å². The summed E-state index contributed by atoms with van der Waals surface area (Å²) in [6, 6.07) is 8.29. The number of fused-ring (bicyclic) bond motifs is 1. The van der Waals surface area contributed by atoms with Gasteiger partial charge in [-0.3, -0.25) is 4.79 Å². The van der Waals surface area contributed by atoms with Gasteiger partial charge in [0.05, 0.1) is 24.5 Å². The summed E-state index contributed by atoms with van der Waals surface area (Å²) in [7, 11) is -2.47. The normalized spacial score (nSPS) is 12.7. The van der Waals surface area contributed by atoms with E-state index in [2.05, 4.69) is 4.72 Å². The Labute approximate surface area is 132 Å². The Morgan fingerprint density at radius 2 is 1.91 bits per heavy atom. The first-order valence-electron chi connectivity index (χ1n) is 6.63. The van der Waals surface area contributed by atoms with Crippen LogP contribution in [0, 0.1) is 0 Å². The van der Waals surface area contributed by atoms with Crippen molar-refractivity contribution in [1.82, 2.24) is 4.72 Å². The number of sulfonamides is 1. The highest BCUT2D eigenvalue weighted by molar-refractivity contribution is 7.89. The molecule has 0 heterocycles. The fourth-order valence-electron chi connectivity index (χ4n) is 2.07. The van der Waals surface area contributed by atoms with Crippen molar-refractivity contribution >= 4 is 33.1 Å². The average Bonchev–Trinajstić information content (AvgIpc) is 2.52. The van der Waals surface area contributed by atoms with Gasteiger partial charge in [-0.1, -0.05) is 12.1 Å². The Kier molecular flexibility index (Phi) is 4.97. The number of nitrogens with one attached hydrogen (secondary N) is 1. The number of benzene rings is 2. The highest BCUT2D eigenvalue weighted by Crippen LogP contribution is 2.23. The number of carbonyl (C=O) groups is 2. The molecule has 0 aliphatic heterocycles. The van der Waals surface area contributed by atoms with Gasteiger partial charge in [0.2, 0.25) is 10.0 Å². The Morgan fingerprint density at radius 1 is 1.26 bits per heavy atom. The van der Waals surface area contributed by atoms with Crippen LogP contribution in [0.15, 0.2) is 41.3 Å². The summed E-state index contributed by atoms with van der Waals surface area (Å²) in [6.07, 6.45) is -0.356. The molecular weight excluding hydrogens is 322 g/mol. The van der Waals surface area contributed by atoms with Gasteiger partial charge >= 0.3 is 5.97 Å². The number of carboxylic acid groups (broad SMARTS) is 1. The quantitative estimate of drug-likeness (QED) is 0.734. The summed E-state index contributed by atoms with van der Waals surface area (Å²) in [4.78, 5) is 21.4. The van der Waals surface area contributed by atoms with Crippen LogP contribution in [0.5, 0.6) is 5.75 Å². The maximum absolute atomic E-state index is 12.3. The lowest BCUT2D eigenvalue weighted by Crippen LogP contribution is -2.37. The lowest BCUT2D eigenvalue weighted by Gasteiger charge is -2.12. The van der Waals surface area contributed by atoms with Crippen LogP contribution >= 0.6 is 0 Å². The molecule has 0 saturated carbocycles. The molecule has 0 radical (unpaired) electrons. The van der Waals surface area contributed by atoms with Gasteiger partial charge in [0.15, 0.2) is 0 Å². The molecule has 0 amide bonds. The van der Waals surface area contributed by atoms with E-state index >= 15 is 0 Å². The predicted molar refractivity (Wildman–Crippen MR) is 82.9 cm³/mol. The average molecular weight is 337 g/mol. The van der Waals surface area contributed by atoms with Crippen molar-refractivity contribution in [2.45, 2.75) is 17.4 Å². The van der Waals surface area contributed by atoms with Gasteiger partial charge in [0.1, 0.15) is 12.0 Å². The molecular formula is C15H15NO6S. The van der Waals surface area contributed by atoms with E-state index in [0.29, 0.717) is 11.1 Å². The number of hydrogen-bond donors (Lipinski definition) is 2. The van der Waals surface area contributed by atoms with Crippen molar-refractivity contribution in [2.24, 2.45) is 0 Å². The number of ether oxygens (including phenoxy) is 1. The smallest absolute Gasteiger partial charge is 0.305 e. The molecule has 2 aromatic rings. The van der Waals surface area contributed by atoms with Crippen molar-refractivity contribution in [3.63, 3.8) is 0 Å². The van der Waals surface area contributed by atoms with Gasteiger partial charge < -0.3 is 14.6 Å². The minimum Gasteiger partial charge on any atom is -0.497 e. The highest BCUT2D eigenvalue weighted by Gasteiger charge is 2.22. The van der Waals surface area contributed by atoms with E-state index < -0.39 is 28.5 Å². The number of aldehydes is 1. The largest absolute Gasteiger partial charge is 0.497 e. The van der Waals surface area contributed by atoms with E-state index in [1.807, 2.05) is 0 Å². The molecule has 1 atom stereocenters. The molecule has 8 heteroatoms. The summed E-state index contributed by atoms with van der Waals surface area (Å²) in [5, 5.41) is 10.1. The maximum Gasteiger partial charge on any atom is 0.305 e. The Balaban J connectivity index is 2.34. The number of carbonyl (C=O) groups excluding carboxylic acids is 1. The van der Waals surface area contributed by atoms with E-state index in [1.165, 1.54) is 19.2 Å². The lowest BCUT2D eigenvalue weighted by molar-refractivity contribution is -0.138. The second-order valence-electron chi connectivity index (χ2n) is 4.84. The van der Waals surface area contributed by atoms with Crippen LogP contribution in [0.2, 0.25) is 0 Å². The summed E-state index contributed by atoms with van der Waals surface area (Å²) >= 11 is 0. The second kappa shape index (κ2) is 6.76. The molecule has 0 unspecified atom stereocenters. The van der Waals surface area contributed by atoms with Crippen molar-refractivity contribution in [1.29, 1.82) is 0 Å². The number of methoxy groups -OCH3 is 1. The van der Waals surface area contributed by atoms with Gasteiger partial charge in [-0.25, -0.2) is 13.1 Å². The molecule has 0 spiro atoms. The zero-order chi connectivity index (χ0) is 17.0. The zero-order valence-corrected chi connectivity index (χ0v) is 13.0. The number of aliphatic carboxylic acids is 1. The minimum atomic E-state index is -4.00. The van der Waals surface area contributed by atoms with Crippen LogP contribution in [0.3, 0.4) is 0 Å². The van der Waals surface area contributed by atoms with E-state index in [-0.39, 0.29) is 11.2 Å². The Morgan fingerprint density at radius 3 is 2.52 bits per heavy atom. The summed E-state index contributed by atoms with van der Waals surface area (Å²) in [6.45, 7) is 0. The molecule has 2 N–H and O–H groups in total. The number of rotatable bonds is 7. The molecule has 0 aromatic heterocycles. The fraction of sp³-hybridized carbons (Fsp3) is 0.200. The first kappa shape index (κ1) is 16.9. The monoisotopic (exact) mass is 337 g/mol. The Hall–Kier alpha value is -2.45. The molecule has 23 heavy (non-hydrogen) atoms. The van der Waals surface area contributed by atoms with E-state index in [4.69, 9.17) is 9.84 Å². The molecule has 7 nitrogen and oxygen atoms in total. The van der Waals surface area contributed by atoms with Crippen molar-refractivity contribution in [3.8, 4) is 5.75 Å². The predicted octanol–water partition coefficient (Wildman–Crippen LogP) is 1.17. The van der Waals surface area contributed by atoms with E-state index in [9.17, 15) is 18.0 Å². The van der Waals surface area contributed by atoms with Crippen molar-refractivity contribution < 1.29 is 27.9 Å². The third-order valence-corrected chi connectivity index (χ3v) is 4.68. The standard InChI is InChI=1S/C15H15NO6S/c1-22-13-4-2-11-7-14(5-3-10(11)6-13)23(20,21)16-12(9-17)8-15(18)19/h2-7,9,12,16H,8H2,1H3,(H,18,19)/t12-/m0/s1. The van der Waals surface area contributed by atoms with Gasteiger partial charge in [0.25, 0.3) is 0 Å². The first-order valence-corrected chi connectivity index (χ1v) is 8.11. The van der Waals surface area contributed by atoms with Crippen LogP contribution < -0.4 is 9.46 Å². The highest BCUT2D eigenvalue weighted by atomic mass is 32.2. The van der Waals surface area contributed by atoms with Gasteiger partial charge in [0, 0.05) is 0 Å². The second-order valence-corrected chi connectivity index (χ2v) is 6.55. The molecule has 0 aliphatic rings. The molecule has 0 fully saturated rings. The third-order valence-electron chi connectivity index (χ3n) is 3.19. The molecule has 0 bridgehead atoms. The third kappa shape index (κ3) is 4.05. The fourth-order valence-corrected chi connectivity index (χ4v) is 3.27. The molecule has 2 rings (SSSR count). The first-order chi connectivity index (χ1) is 10.9. The summed E-state index contributed by atoms with van der Waals surface area (Å²) in [5.41, 5.74) is 0. The number of hydrogen-bond acceptors (Lipinski definition) is 5. The number of carboxylic acids is 1. The van der Waals surface area contributed by atoms with Crippen LogP contribution in [0.4, 0.5) is 0 Å². The van der Waals surface area contributed by atoms with Gasteiger partial charge in [-0.2, -0.15) is 0 Å². The molecule has 0 aliphatic carbocycles. The maximum atomic E-state index is 12.3. The van der Waals surface area contributed by atoms with Crippen molar-refractivity contribution in [3.05, 3.63) is 36.4 Å². The molecule has 2 aromatic carbocycles. The van der Waals surface area contributed by atoms with E-state index in [0.717, 1.165) is 5.39 Å². The van der Waals surface area contributed by atoms with Crippen LogP contribution in [0.1, 0.15) is 6.42 Å². The zero-order valence-electron chi connectivity index (χ0n) is 12.2. The minimum absolute atomic E-state index is 0.0487. The Bertz CT molecular complexity index is 846. The van der Waals surface area contributed by atoms with Crippen LogP contribution in [-0.2, 0) is 19.6 Å².